The highest BCUT2D eigenvalue weighted by Gasteiger charge is 2.22. The Morgan fingerprint density at radius 1 is 0.812 bits per heavy atom. The lowest BCUT2D eigenvalue weighted by molar-refractivity contribution is 0.0746. The third kappa shape index (κ3) is 5.03. The van der Waals surface area contributed by atoms with Crippen LogP contribution in [0.5, 0.6) is 5.75 Å². The van der Waals surface area contributed by atoms with Gasteiger partial charge in [0.1, 0.15) is 5.75 Å². The molecule has 1 aliphatic heterocycles. The Morgan fingerprint density at radius 3 is 2.00 bits per heavy atom. The molecule has 1 heterocycles. The molecule has 32 heavy (non-hydrogen) atoms. The minimum absolute atomic E-state index is 0.0258. The highest BCUT2D eigenvalue weighted by molar-refractivity contribution is 6.30. The van der Waals surface area contributed by atoms with Crippen LogP contribution < -0.4 is 15.0 Å². The van der Waals surface area contributed by atoms with E-state index in [-0.39, 0.29) is 11.8 Å². The molecule has 0 aliphatic carbocycles. The molecule has 6 nitrogen and oxygen atoms in total. The first-order valence-corrected chi connectivity index (χ1v) is 10.8. The molecule has 1 aliphatic rings. The first kappa shape index (κ1) is 21.7. The van der Waals surface area contributed by atoms with Gasteiger partial charge in [-0.1, -0.05) is 11.6 Å². The van der Waals surface area contributed by atoms with Crippen molar-refractivity contribution in [1.29, 1.82) is 0 Å². The summed E-state index contributed by atoms with van der Waals surface area (Å²) in [6.45, 7) is 2.79. The number of methoxy groups -OCH3 is 1. The van der Waals surface area contributed by atoms with Gasteiger partial charge in [-0.25, -0.2) is 0 Å². The highest BCUT2D eigenvalue weighted by Crippen LogP contribution is 2.21. The fourth-order valence-corrected chi connectivity index (χ4v) is 3.77. The largest absolute Gasteiger partial charge is 0.497 e. The molecular weight excluding hydrogens is 426 g/mol. The van der Waals surface area contributed by atoms with Gasteiger partial charge in [-0.05, 0) is 72.8 Å². The van der Waals surface area contributed by atoms with Gasteiger partial charge in [-0.3, -0.25) is 9.59 Å². The first-order chi connectivity index (χ1) is 15.5. The zero-order valence-corrected chi connectivity index (χ0v) is 18.5. The number of anilines is 2. The zero-order valence-electron chi connectivity index (χ0n) is 17.8. The maximum Gasteiger partial charge on any atom is 0.255 e. The second-order valence-electron chi connectivity index (χ2n) is 7.52. The molecule has 3 aromatic carbocycles. The summed E-state index contributed by atoms with van der Waals surface area (Å²) in [5.74, 6) is 0.563. The van der Waals surface area contributed by atoms with Gasteiger partial charge in [0, 0.05) is 53.7 Å². The highest BCUT2D eigenvalue weighted by atomic mass is 35.5. The van der Waals surface area contributed by atoms with Crippen molar-refractivity contribution in [2.24, 2.45) is 0 Å². The first-order valence-electron chi connectivity index (χ1n) is 10.4. The summed E-state index contributed by atoms with van der Waals surface area (Å²) in [5, 5.41) is 3.53. The van der Waals surface area contributed by atoms with Gasteiger partial charge in [-0.2, -0.15) is 0 Å². The average Bonchev–Trinajstić information content (AvgIpc) is 2.85. The third-order valence-corrected chi connectivity index (χ3v) is 5.75. The monoisotopic (exact) mass is 449 g/mol. The van der Waals surface area contributed by atoms with Gasteiger partial charge in [-0.15, -0.1) is 0 Å². The molecular formula is C25H24ClN3O3. The number of hydrogen-bond acceptors (Lipinski definition) is 4. The molecule has 2 amide bonds. The predicted octanol–water partition coefficient (Wildman–Crippen LogP) is 4.56. The quantitative estimate of drug-likeness (QED) is 0.620. The van der Waals surface area contributed by atoms with Crippen LogP contribution in [0.1, 0.15) is 20.7 Å². The third-order valence-electron chi connectivity index (χ3n) is 5.50. The Hall–Kier alpha value is -3.51. The maximum atomic E-state index is 12.7. The molecule has 0 bridgehead atoms. The van der Waals surface area contributed by atoms with E-state index in [9.17, 15) is 9.59 Å². The van der Waals surface area contributed by atoms with E-state index in [1.54, 1.807) is 55.6 Å². The smallest absolute Gasteiger partial charge is 0.255 e. The standard InChI is InChI=1S/C25H24ClN3O3/c1-32-23-12-4-18(5-13-23)24(30)27-21-8-10-22(11-9-21)28-14-16-29(17-15-28)25(31)19-2-6-20(26)7-3-19/h2-13H,14-17H2,1H3,(H,27,30). The van der Waals surface area contributed by atoms with E-state index in [4.69, 9.17) is 16.3 Å². The molecule has 164 valence electrons. The maximum absolute atomic E-state index is 12.7. The molecule has 4 rings (SSSR count). The second kappa shape index (κ2) is 9.75. The normalized spacial score (nSPS) is 13.6. The fourth-order valence-electron chi connectivity index (χ4n) is 3.64. The van der Waals surface area contributed by atoms with Crippen LogP contribution in [0.3, 0.4) is 0 Å². The summed E-state index contributed by atoms with van der Waals surface area (Å²) in [6, 6.07) is 21.7. The molecule has 3 aromatic rings. The number of ether oxygens (including phenoxy) is 1. The van der Waals surface area contributed by atoms with Gasteiger partial charge in [0.25, 0.3) is 11.8 Å². The van der Waals surface area contributed by atoms with Crippen LogP contribution in [-0.4, -0.2) is 50.0 Å². The number of halogens is 1. The number of rotatable bonds is 5. The van der Waals surface area contributed by atoms with Crippen LogP contribution in [0.4, 0.5) is 11.4 Å². The molecule has 0 saturated carbocycles. The number of carbonyl (C=O) groups excluding carboxylic acids is 2. The Balaban J connectivity index is 1.32. The van der Waals surface area contributed by atoms with Crippen LogP contribution in [-0.2, 0) is 0 Å². The zero-order chi connectivity index (χ0) is 22.5. The average molecular weight is 450 g/mol. The number of piperazine rings is 1. The fraction of sp³-hybridized carbons (Fsp3) is 0.200. The summed E-state index contributed by atoms with van der Waals surface area (Å²) in [6.07, 6.45) is 0. The summed E-state index contributed by atoms with van der Waals surface area (Å²) in [5.41, 5.74) is 3.01. The van der Waals surface area contributed by atoms with E-state index < -0.39 is 0 Å². The molecule has 0 radical (unpaired) electrons. The molecule has 0 atom stereocenters. The number of benzene rings is 3. The molecule has 7 heteroatoms. The molecule has 1 fully saturated rings. The van der Waals surface area contributed by atoms with Crippen molar-refractivity contribution in [3.8, 4) is 5.75 Å². The molecule has 1 N–H and O–H groups in total. The van der Waals surface area contributed by atoms with Crippen molar-refractivity contribution in [1.82, 2.24) is 4.90 Å². The van der Waals surface area contributed by atoms with Gasteiger partial charge in [0.2, 0.25) is 0 Å². The Morgan fingerprint density at radius 2 is 1.41 bits per heavy atom. The minimum atomic E-state index is -0.172. The van der Waals surface area contributed by atoms with Crippen LogP contribution in [0.15, 0.2) is 72.8 Å². The minimum Gasteiger partial charge on any atom is -0.497 e. The van der Waals surface area contributed by atoms with E-state index in [1.165, 1.54) is 0 Å². The lowest BCUT2D eigenvalue weighted by Crippen LogP contribution is -2.48. The summed E-state index contributed by atoms with van der Waals surface area (Å²) < 4.78 is 5.12. The Bertz CT molecular complexity index is 1070. The predicted molar refractivity (Wildman–Crippen MR) is 127 cm³/mol. The SMILES string of the molecule is COc1ccc(C(=O)Nc2ccc(N3CCN(C(=O)c4ccc(Cl)cc4)CC3)cc2)cc1. The Kier molecular flexibility index (Phi) is 6.61. The van der Waals surface area contributed by atoms with E-state index >= 15 is 0 Å². The molecule has 0 aromatic heterocycles. The van der Waals surface area contributed by atoms with Crippen LogP contribution in [0.2, 0.25) is 5.02 Å². The lowest BCUT2D eigenvalue weighted by Gasteiger charge is -2.36. The molecule has 0 spiro atoms. The van der Waals surface area contributed by atoms with Crippen molar-refractivity contribution >= 4 is 34.8 Å². The van der Waals surface area contributed by atoms with Crippen molar-refractivity contribution in [2.75, 3.05) is 43.5 Å². The van der Waals surface area contributed by atoms with Crippen molar-refractivity contribution < 1.29 is 14.3 Å². The van der Waals surface area contributed by atoms with Gasteiger partial charge in [0.05, 0.1) is 7.11 Å². The van der Waals surface area contributed by atoms with Crippen molar-refractivity contribution in [3.05, 3.63) is 88.9 Å². The topological polar surface area (TPSA) is 61.9 Å². The summed E-state index contributed by atoms with van der Waals surface area (Å²) >= 11 is 5.91. The van der Waals surface area contributed by atoms with Crippen LogP contribution in [0, 0.1) is 0 Å². The van der Waals surface area contributed by atoms with E-state index in [1.807, 2.05) is 29.2 Å². The Labute approximate surface area is 192 Å². The van der Waals surface area contributed by atoms with E-state index in [0.29, 0.717) is 35.0 Å². The number of amides is 2. The number of nitrogens with zero attached hydrogens (tertiary/aromatic N) is 2. The summed E-state index contributed by atoms with van der Waals surface area (Å²) in [4.78, 5) is 29.2. The van der Waals surface area contributed by atoms with Gasteiger partial charge >= 0.3 is 0 Å². The van der Waals surface area contributed by atoms with Gasteiger partial charge < -0.3 is 19.9 Å². The van der Waals surface area contributed by atoms with Gasteiger partial charge in [0.15, 0.2) is 0 Å². The van der Waals surface area contributed by atoms with Crippen LogP contribution in [0.25, 0.3) is 0 Å². The van der Waals surface area contributed by atoms with Crippen molar-refractivity contribution in [3.63, 3.8) is 0 Å². The lowest BCUT2D eigenvalue weighted by atomic mass is 10.1. The van der Waals surface area contributed by atoms with Crippen LogP contribution >= 0.6 is 11.6 Å². The summed E-state index contributed by atoms with van der Waals surface area (Å²) in [7, 11) is 1.59. The molecule has 1 saturated heterocycles. The molecule has 0 unspecified atom stereocenters. The number of nitrogens with one attached hydrogen (secondary N) is 1. The number of carbonyl (C=O) groups is 2. The second-order valence-corrected chi connectivity index (χ2v) is 7.95. The number of hydrogen-bond donors (Lipinski definition) is 1. The van der Waals surface area contributed by atoms with E-state index in [0.717, 1.165) is 24.5 Å². The van der Waals surface area contributed by atoms with E-state index in [2.05, 4.69) is 10.2 Å². The van der Waals surface area contributed by atoms with Crippen molar-refractivity contribution in [2.45, 2.75) is 0 Å².